The molecule has 5 nitrogen and oxygen atoms in total. The van der Waals surface area contributed by atoms with E-state index in [4.69, 9.17) is 10.5 Å². The predicted octanol–water partition coefficient (Wildman–Crippen LogP) is 1.95. The minimum Gasteiger partial charge on any atom is -0.461 e. The number of carbonyl (C=O) groups is 1. The molecule has 2 aromatic rings. The summed E-state index contributed by atoms with van der Waals surface area (Å²) < 4.78 is 6.72. The molecule has 5 heteroatoms. The number of esters is 1. The first-order valence-electron chi connectivity index (χ1n) is 5.86. The Hall–Kier alpha value is -2.04. The summed E-state index contributed by atoms with van der Waals surface area (Å²) in [6.45, 7) is 5.97. The van der Waals surface area contributed by atoms with E-state index in [0.29, 0.717) is 23.6 Å². The normalized spacial score (nSPS) is 10.9. The topological polar surface area (TPSA) is 70.1 Å². The van der Waals surface area contributed by atoms with Crippen molar-refractivity contribution in [3.63, 3.8) is 0 Å². The second-order valence-electron chi connectivity index (χ2n) is 4.32. The van der Waals surface area contributed by atoms with Crippen molar-refractivity contribution in [3.8, 4) is 0 Å². The van der Waals surface area contributed by atoms with Crippen LogP contribution < -0.4 is 5.73 Å². The largest absolute Gasteiger partial charge is 0.461 e. The summed E-state index contributed by atoms with van der Waals surface area (Å²) in [5.41, 5.74) is 9.50. The highest BCUT2D eigenvalue weighted by Crippen LogP contribution is 2.30. The van der Waals surface area contributed by atoms with Gasteiger partial charge in [-0.25, -0.2) is 9.78 Å². The number of carbonyl (C=O) groups excluding carboxylic acids is 1. The van der Waals surface area contributed by atoms with E-state index in [9.17, 15) is 4.79 Å². The van der Waals surface area contributed by atoms with Crippen molar-refractivity contribution in [1.29, 1.82) is 0 Å². The van der Waals surface area contributed by atoms with Crippen LogP contribution in [0.2, 0.25) is 0 Å². The summed E-state index contributed by atoms with van der Waals surface area (Å²) >= 11 is 0. The monoisotopic (exact) mass is 247 g/mol. The van der Waals surface area contributed by atoms with Gasteiger partial charge in [0, 0.05) is 18.1 Å². The van der Waals surface area contributed by atoms with Gasteiger partial charge in [-0.05, 0) is 32.4 Å². The van der Waals surface area contributed by atoms with E-state index in [2.05, 4.69) is 4.98 Å². The van der Waals surface area contributed by atoms with E-state index >= 15 is 0 Å². The van der Waals surface area contributed by atoms with Gasteiger partial charge in [-0.3, -0.25) is 0 Å². The van der Waals surface area contributed by atoms with Gasteiger partial charge in [-0.15, -0.1) is 0 Å². The van der Waals surface area contributed by atoms with Crippen molar-refractivity contribution >= 4 is 22.7 Å². The number of aromatic nitrogens is 2. The van der Waals surface area contributed by atoms with Gasteiger partial charge in [0.05, 0.1) is 12.3 Å². The Balaban J connectivity index is 2.77. The molecule has 0 bridgehead atoms. The van der Waals surface area contributed by atoms with Gasteiger partial charge in [0.1, 0.15) is 5.65 Å². The SMILES string of the molecule is CCOC(=O)c1c(N)c2c(C)cc(C)nc2n1C. The Kier molecular flexibility index (Phi) is 2.98. The number of hydrogen-bond acceptors (Lipinski definition) is 4. The smallest absolute Gasteiger partial charge is 0.357 e. The van der Waals surface area contributed by atoms with E-state index in [0.717, 1.165) is 16.6 Å². The molecule has 0 aliphatic heterocycles. The summed E-state index contributed by atoms with van der Waals surface area (Å²) in [6, 6.07) is 1.95. The van der Waals surface area contributed by atoms with Crippen LogP contribution in [0, 0.1) is 13.8 Å². The van der Waals surface area contributed by atoms with Crippen molar-refractivity contribution in [1.82, 2.24) is 9.55 Å². The van der Waals surface area contributed by atoms with Crippen LogP contribution in [-0.2, 0) is 11.8 Å². The molecule has 0 spiro atoms. The Bertz CT molecular complexity index is 629. The zero-order valence-electron chi connectivity index (χ0n) is 11.1. The van der Waals surface area contributed by atoms with E-state index in [1.165, 1.54) is 0 Å². The van der Waals surface area contributed by atoms with Crippen molar-refractivity contribution in [2.24, 2.45) is 7.05 Å². The van der Waals surface area contributed by atoms with Gasteiger partial charge in [-0.1, -0.05) is 0 Å². The summed E-state index contributed by atoms with van der Waals surface area (Å²) in [4.78, 5) is 16.3. The number of nitrogens with two attached hydrogens (primary N) is 1. The number of nitrogen functional groups attached to an aromatic ring is 1. The number of pyridine rings is 1. The predicted molar refractivity (Wildman–Crippen MR) is 70.6 cm³/mol. The van der Waals surface area contributed by atoms with E-state index in [-0.39, 0.29) is 0 Å². The number of anilines is 1. The number of ether oxygens (including phenoxy) is 1. The number of nitrogens with zero attached hydrogens (tertiary/aromatic N) is 2. The molecular formula is C13H17N3O2. The minimum absolute atomic E-state index is 0.325. The lowest BCUT2D eigenvalue weighted by atomic mass is 10.1. The molecular weight excluding hydrogens is 230 g/mol. The van der Waals surface area contributed by atoms with Crippen LogP contribution in [-0.4, -0.2) is 22.1 Å². The highest BCUT2D eigenvalue weighted by molar-refractivity contribution is 6.06. The van der Waals surface area contributed by atoms with Crippen LogP contribution in [0.1, 0.15) is 28.7 Å². The number of rotatable bonds is 2. The molecule has 0 aliphatic carbocycles. The highest BCUT2D eigenvalue weighted by Gasteiger charge is 2.22. The first-order chi connectivity index (χ1) is 8.47. The zero-order valence-corrected chi connectivity index (χ0v) is 11.1. The first kappa shape index (κ1) is 12.4. The van der Waals surface area contributed by atoms with Crippen molar-refractivity contribution in [2.45, 2.75) is 20.8 Å². The molecule has 96 valence electrons. The highest BCUT2D eigenvalue weighted by atomic mass is 16.5. The molecule has 0 fully saturated rings. The third-order valence-corrected chi connectivity index (χ3v) is 2.97. The minimum atomic E-state index is -0.410. The van der Waals surface area contributed by atoms with Gasteiger partial charge in [0.2, 0.25) is 0 Å². The molecule has 0 unspecified atom stereocenters. The molecule has 0 saturated heterocycles. The maximum Gasteiger partial charge on any atom is 0.357 e. The van der Waals surface area contributed by atoms with E-state index in [1.807, 2.05) is 19.9 Å². The molecule has 2 aromatic heterocycles. The molecule has 18 heavy (non-hydrogen) atoms. The van der Waals surface area contributed by atoms with Crippen LogP contribution in [0.4, 0.5) is 5.69 Å². The average molecular weight is 247 g/mol. The molecule has 2 heterocycles. The number of aryl methyl sites for hydroxylation is 3. The van der Waals surface area contributed by atoms with Crippen molar-refractivity contribution in [2.75, 3.05) is 12.3 Å². The Morgan fingerprint density at radius 3 is 2.78 bits per heavy atom. The Labute approximate surface area is 106 Å². The van der Waals surface area contributed by atoms with Crippen molar-refractivity contribution < 1.29 is 9.53 Å². The third-order valence-electron chi connectivity index (χ3n) is 2.97. The molecule has 0 saturated carbocycles. The lowest BCUT2D eigenvalue weighted by Gasteiger charge is -2.04. The lowest BCUT2D eigenvalue weighted by molar-refractivity contribution is 0.0517. The van der Waals surface area contributed by atoms with E-state index < -0.39 is 5.97 Å². The van der Waals surface area contributed by atoms with Crippen LogP contribution in [0.25, 0.3) is 11.0 Å². The van der Waals surface area contributed by atoms with Gasteiger partial charge in [0.25, 0.3) is 0 Å². The zero-order chi connectivity index (χ0) is 13.4. The first-order valence-corrected chi connectivity index (χ1v) is 5.86. The molecule has 0 radical (unpaired) electrons. The van der Waals surface area contributed by atoms with Crippen molar-refractivity contribution in [3.05, 3.63) is 23.0 Å². The quantitative estimate of drug-likeness (QED) is 0.823. The van der Waals surface area contributed by atoms with Crippen LogP contribution in [0.5, 0.6) is 0 Å². The standard InChI is InChI=1S/C13H17N3O2/c1-5-18-13(17)11-10(14)9-7(2)6-8(3)15-12(9)16(11)4/h6H,5,14H2,1-4H3. The van der Waals surface area contributed by atoms with Gasteiger partial charge in [-0.2, -0.15) is 0 Å². The van der Waals surface area contributed by atoms with Gasteiger partial charge in [0.15, 0.2) is 5.69 Å². The van der Waals surface area contributed by atoms with Crippen LogP contribution >= 0.6 is 0 Å². The maximum atomic E-state index is 11.9. The molecule has 2 N–H and O–H groups in total. The van der Waals surface area contributed by atoms with E-state index in [1.54, 1.807) is 18.5 Å². The van der Waals surface area contributed by atoms with Crippen LogP contribution in [0.15, 0.2) is 6.07 Å². The molecule has 0 aliphatic rings. The Morgan fingerprint density at radius 2 is 2.17 bits per heavy atom. The second-order valence-corrected chi connectivity index (χ2v) is 4.32. The second kappa shape index (κ2) is 4.33. The molecule has 0 atom stereocenters. The average Bonchev–Trinajstić information content (AvgIpc) is 2.51. The summed E-state index contributed by atoms with van der Waals surface area (Å²) in [7, 11) is 1.77. The van der Waals surface area contributed by atoms with Gasteiger partial charge < -0.3 is 15.0 Å². The maximum absolute atomic E-state index is 11.9. The summed E-state index contributed by atoms with van der Waals surface area (Å²) in [5, 5.41) is 0.825. The van der Waals surface area contributed by atoms with Gasteiger partial charge >= 0.3 is 5.97 Å². The fraction of sp³-hybridized carbons (Fsp3) is 0.385. The number of hydrogen-bond donors (Lipinski definition) is 1. The summed E-state index contributed by atoms with van der Waals surface area (Å²) in [5.74, 6) is -0.410. The fourth-order valence-electron chi connectivity index (χ4n) is 2.24. The fourth-order valence-corrected chi connectivity index (χ4v) is 2.24. The molecule has 2 rings (SSSR count). The Morgan fingerprint density at radius 1 is 1.50 bits per heavy atom. The number of fused-ring (bicyclic) bond motifs is 1. The third kappa shape index (κ3) is 1.72. The molecule has 0 aromatic carbocycles. The molecule has 0 amide bonds. The lowest BCUT2D eigenvalue weighted by Crippen LogP contribution is -2.12. The summed E-state index contributed by atoms with van der Waals surface area (Å²) in [6.07, 6.45) is 0. The van der Waals surface area contributed by atoms with Crippen LogP contribution in [0.3, 0.4) is 0 Å².